The Morgan fingerprint density at radius 2 is 1.80 bits per heavy atom. The van der Waals surface area contributed by atoms with Crippen molar-refractivity contribution in [3.8, 4) is 0 Å². The van der Waals surface area contributed by atoms with Gasteiger partial charge >= 0.3 is 0 Å². The molecule has 1 unspecified atom stereocenters. The highest BCUT2D eigenvalue weighted by Gasteiger charge is 2.27. The van der Waals surface area contributed by atoms with E-state index in [1.165, 1.54) is 0 Å². The van der Waals surface area contributed by atoms with Crippen LogP contribution in [0, 0.1) is 5.92 Å². The molecule has 0 aliphatic carbocycles. The number of hydrogen-bond donors (Lipinski definition) is 1. The summed E-state index contributed by atoms with van der Waals surface area (Å²) in [6.45, 7) is 5.38. The maximum Gasteiger partial charge on any atom is 0.243 e. The predicted molar refractivity (Wildman–Crippen MR) is 81.0 cm³/mol. The molecule has 0 amide bonds. The number of piperidine rings is 1. The zero-order valence-electron chi connectivity index (χ0n) is 12.2. The first-order valence-electron chi connectivity index (χ1n) is 7.24. The van der Waals surface area contributed by atoms with Crippen LogP contribution in [-0.4, -0.2) is 31.9 Å². The summed E-state index contributed by atoms with van der Waals surface area (Å²) >= 11 is 0. The van der Waals surface area contributed by atoms with E-state index >= 15 is 0 Å². The second-order valence-corrected chi connectivity index (χ2v) is 7.85. The van der Waals surface area contributed by atoms with Gasteiger partial charge in [0.1, 0.15) is 0 Å². The summed E-state index contributed by atoms with van der Waals surface area (Å²) < 4.78 is 26.7. The summed E-state index contributed by atoms with van der Waals surface area (Å²) in [5.74, 6) is 0.620. The fourth-order valence-corrected chi connectivity index (χ4v) is 4.01. The van der Waals surface area contributed by atoms with E-state index in [1.54, 1.807) is 16.4 Å². The van der Waals surface area contributed by atoms with E-state index in [0.29, 0.717) is 23.9 Å². The Balaban J connectivity index is 2.13. The second kappa shape index (κ2) is 6.24. The molecular weight excluding hydrogens is 272 g/mol. The van der Waals surface area contributed by atoms with Crippen molar-refractivity contribution >= 4 is 10.0 Å². The van der Waals surface area contributed by atoms with Crippen LogP contribution in [0.5, 0.6) is 0 Å². The van der Waals surface area contributed by atoms with Crippen LogP contribution in [0.2, 0.25) is 0 Å². The third-order valence-electron chi connectivity index (χ3n) is 3.86. The van der Waals surface area contributed by atoms with Crippen molar-refractivity contribution in [2.75, 3.05) is 13.1 Å². The van der Waals surface area contributed by atoms with Crippen LogP contribution >= 0.6 is 0 Å². The molecule has 1 fully saturated rings. The van der Waals surface area contributed by atoms with Crippen LogP contribution in [0.3, 0.4) is 0 Å². The lowest BCUT2D eigenvalue weighted by atomic mass is 10.0. The van der Waals surface area contributed by atoms with Crippen molar-refractivity contribution in [1.82, 2.24) is 4.31 Å². The molecule has 4 nitrogen and oxygen atoms in total. The maximum atomic E-state index is 12.5. The van der Waals surface area contributed by atoms with Crippen molar-refractivity contribution in [3.05, 3.63) is 29.8 Å². The molecule has 0 aromatic heterocycles. The highest BCUT2D eigenvalue weighted by molar-refractivity contribution is 7.89. The Morgan fingerprint density at radius 3 is 2.30 bits per heavy atom. The molecule has 0 saturated carbocycles. The van der Waals surface area contributed by atoms with Crippen LogP contribution < -0.4 is 5.73 Å². The standard InChI is InChI=1S/C15H24N2O2S/c1-12-7-9-17(10-8-12)20(18,19)15-5-3-14(4-6-15)11-13(2)16/h3-6,12-13H,7-11,16H2,1-2H3. The molecule has 1 aliphatic heterocycles. The molecule has 0 radical (unpaired) electrons. The molecule has 20 heavy (non-hydrogen) atoms. The fourth-order valence-electron chi connectivity index (χ4n) is 2.54. The van der Waals surface area contributed by atoms with Gasteiger partial charge in [-0.15, -0.1) is 0 Å². The van der Waals surface area contributed by atoms with Crippen molar-refractivity contribution in [2.45, 2.75) is 44.0 Å². The molecule has 1 saturated heterocycles. The van der Waals surface area contributed by atoms with Gasteiger partial charge in [0.25, 0.3) is 0 Å². The summed E-state index contributed by atoms with van der Waals surface area (Å²) in [5, 5.41) is 0. The van der Waals surface area contributed by atoms with Gasteiger partial charge in [-0.25, -0.2) is 8.42 Å². The van der Waals surface area contributed by atoms with Crippen LogP contribution in [0.1, 0.15) is 32.3 Å². The topological polar surface area (TPSA) is 63.4 Å². The van der Waals surface area contributed by atoms with E-state index in [-0.39, 0.29) is 6.04 Å². The number of nitrogens with zero attached hydrogens (tertiary/aromatic N) is 1. The zero-order chi connectivity index (χ0) is 14.8. The zero-order valence-corrected chi connectivity index (χ0v) is 13.1. The minimum Gasteiger partial charge on any atom is -0.328 e. The fraction of sp³-hybridized carbons (Fsp3) is 0.600. The normalized spacial score (nSPS) is 19.9. The highest BCUT2D eigenvalue weighted by atomic mass is 32.2. The van der Waals surface area contributed by atoms with E-state index in [9.17, 15) is 8.42 Å². The summed E-state index contributed by atoms with van der Waals surface area (Å²) in [6.07, 6.45) is 2.66. The number of sulfonamides is 1. The average molecular weight is 296 g/mol. The minimum atomic E-state index is -3.33. The Morgan fingerprint density at radius 1 is 1.25 bits per heavy atom. The van der Waals surface area contributed by atoms with Gasteiger partial charge in [0.05, 0.1) is 4.90 Å². The van der Waals surface area contributed by atoms with Gasteiger partial charge in [-0.05, 0) is 49.8 Å². The van der Waals surface area contributed by atoms with E-state index in [1.807, 2.05) is 19.1 Å². The van der Waals surface area contributed by atoms with Crippen molar-refractivity contribution in [1.29, 1.82) is 0 Å². The summed E-state index contributed by atoms with van der Waals surface area (Å²) in [7, 11) is -3.33. The third-order valence-corrected chi connectivity index (χ3v) is 5.77. The molecule has 1 atom stereocenters. The minimum absolute atomic E-state index is 0.0843. The van der Waals surface area contributed by atoms with Gasteiger partial charge in [-0.1, -0.05) is 19.1 Å². The molecule has 2 rings (SSSR count). The lowest BCUT2D eigenvalue weighted by Gasteiger charge is -2.29. The predicted octanol–water partition coefficient (Wildman–Crippen LogP) is 2.00. The van der Waals surface area contributed by atoms with Gasteiger partial charge < -0.3 is 5.73 Å². The largest absolute Gasteiger partial charge is 0.328 e. The Labute approximate surface area is 122 Å². The van der Waals surface area contributed by atoms with Gasteiger partial charge in [0.2, 0.25) is 10.0 Å². The van der Waals surface area contributed by atoms with E-state index in [4.69, 9.17) is 5.73 Å². The van der Waals surface area contributed by atoms with E-state index in [2.05, 4.69) is 6.92 Å². The van der Waals surface area contributed by atoms with Crippen molar-refractivity contribution in [3.63, 3.8) is 0 Å². The highest BCUT2D eigenvalue weighted by Crippen LogP contribution is 2.23. The van der Waals surface area contributed by atoms with Crippen LogP contribution in [0.4, 0.5) is 0 Å². The van der Waals surface area contributed by atoms with Gasteiger partial charge in [-0.3, -0.25) is 0 Å². The molecule has 112 valence electrons. The SMILES string of the molecule is CC(N)Cc1ccc(S(=O)(=O)N2CCC(C)CC2)cc1. The Bertz CT molecular complexity index is 529. The van der Waals surface area contributed by atoms with Crippen molar-refractivity contribution in [2.24, 2.45) is 11.7 Å². The lowest BCUT2D eigenvalue weighted by Crippen LogP contribution is -2.37. The molecule has 1 heterocycles. The number of nitrogens with two attached hydrogens (primary N) is 1. The second-order valence-electron chi connectivity index (χ2n) is 5.91. The number of benzene rings is 1. The van der Waals surface area contributed by atoms with Crippen LogP contribution in [0.25, 0.3) is 0 Å². The number of rotatable bonds is 4. The molecule has 1 aromatic carbocycles. The molecule has 1 aromatic rings. The first-order valence-corrected chi connectivity index (χ1v) is 8.68. The first-order chi connectivity index (χ1) is 9.39. The van der Waals surface area contributed by atoms with Gasteiger partial charge in [0, 0.05) is 19.1 Å². The van der Waals surface area contributed by atoms with E-state index < -0.39 is 10.0 Å². The van der Waals surface area contributed by atoms with Crippen LogP contribution in [0.15, 0.2) is 29.2 Å². The van der Waals surface area contributed by atoms with Gasteiger partial charge in [0.15, 0.2) is 0 Å². The first kappa shape index (κ1) is 15.5. The van der Waals surface area contributed by atoms with Gasteiger partial charge in [-0.2, -0.15) is 4.31 Å². The van der Waals surface area contributed by atoms with E-state index in [0.717, 1.165) is 24.8 Å². The molecule has 2 N–H and O–H groups in total. The van der Waals surface area contributed by atoms with Crippen molar-refractivity contribution < 1.29 is 8.42 Å². The monoisotopic (exact) mass is 296 g/mol. The Kier molecular flexibility index (Phi) is 4.83. The smallest absolute Gasteiger partial charge is 0.243 e. The summed E-state index contributed by atoms with van der Waals surface area (Å²) in [6, 6.07) is 7.21. The summed E-state index contributed by atoms with van der Waals surface area (Å²) in [5.41, 5.74) is 6.83. The summed E-state index contributed by atoms with van der Waals surface area (Å²) in [4.78, 5) is 0.389. The molecule has 5 heteroatoms. The molecular formula is C15H24N2O2S. The molecule has 1 aliphatic rings. The number of hydrogen-bond acceptors (Lipinski definition) is 3. The maximum absolute atomic E-state index is 12.5. The quantitative estimate of drug-likeness (QED) is 0.924. The van der Waals surface area contributed by atoms with Crippen LogP contribution in [-0.2, 0) is 16.4 Å². The average Bonchev–Trinajstić information content (AvgIpc) is 2.39. The lowest BCUT2D eigenvalue weighted by molar-refractivity contribution is 0.288. The third kappa shape index (κ3) is 3.59. The Hall–Kier alpha value is -0.910. The molecule has 0 spiro atoms. The molecule has 0 bridgehead atoms.